The van der Waals surface area contributed by atoms with E-state index < -0.39 is 6.03 Å². The topological polar surface area (TPSA) is 95.3 Å². The summed E-state index contributed by atoms with van der Waals surface area (Å²) in [6, 6.07) is 3.23. The predicted octanol–water partition coefficient (Wildman–Crippen LogP) is -0.0285. The number of carbonyl (C=O) groups is 3. The fourth-order valence-corrected chi connectivity index (χ4v) is 3.17. The summed E-state index contributed by atoms with van der Waals surface area (Å²) in [6.07, 6.45) is 0. The Morgan fingerprint density at radius 3 is 2.58 bits per heavy atom. The van der Waals surface area contributed by atoms with E-state index in [4.69, 9.17) is 9.15 Å². The minimum absolute atomic E-state index is 0.00812. The zero-order valence-corrected chi connectivity index (χ0v) is 15.1. The second-order valence-electron chi connectivity index (χ2n) is 6.54. The quantitative estimate of drug-likeness (QED) is 0.713. The molecule has 2 aliphatic heterocycles. The first-order valence-corrected chi connectivity index (χ1v) is 8.66. The molecule has 1 atom stereocenters. The fourth-order valence-electron chi connectivity index (χ4n) is 3.17. The van der Waals surface area contributed by atoms with Crippen LogP contribution in [-0.4, -0.2) is 85.5 Å². The van der Waals surface area contributed by atoms with E-state index in [-0.39, 0.29) is 30.9 Å². The normalized spacial score (nSPS) is 19.9. The number of hydrogen-bond donors (Lipinski definition) is 1. The molecule has 3 heterocycles. The first-order valence-electron chi connectivity index (χ1n) is 8.66. The maximum Gasteiger partial charge on any atom is 0.327 e. The lowest BCUT2D eigenvalue weighted by Crippen LogP contribution is -2.46. The molecule has 1 unspecified atom stereocenters. The first-order chi connectivity index (χ1) is 12.5. The summed E-state index contributed by atoms with van der Waals surface area (Å²) in [5, 5.41) is 2.82. The minimum Gasteiger partial charge on any atom is -0.465 e. The van der Waals surface area contributed by atoms with Crippen molar-refractivity contribution in [2.45, 2.75) is 13.0 Å². The molecule has 9 heteroatoms. The molecular formula is C17H24N4O5. The van der Waals surface area contributed by atoms with Crippen LogP contribution in [0.5, 0.6) is 0 Å². The number of nitrogens with zero attached hydrogens (tertiary/aromatic N) is 3. The van der Waals surface area contributed by atoms with Crippen LogP contribution in [0.4, 0.5) is 4.79 Å². The average Bonchev–Trinajstić information content (AvgIpc) is 3.15. The summed E-state index contributed by atoms with van der Waals surface area (Å²) in [5.74, 6) is 0.848. The highest BCUT2D eigenvalue weighted by Crippen LogP contribution is 2.23. The molecule has 1 N–H and O–H groups in total. The number of hydrogen-bond acceptors (Lipinski definition) is 6. The Bertz CT molecular complexity index is 682. The molecule has 9 nitrogen and oxygen atoms in total. The van der Waals surface area contributed by atoms with Gasteiger partial charge in [0, 0.05) is 26.7 Å². The van der Waals surface area contributed by atoms with Crippen LogP contribution in [0.3, 0.4) is 0 Å². The van der Waals surface area contributed by atoms with E-state index in [1.165, 1.54) is 11.9 Å². The Balaban J connectivity index is 1.61. The molecule has 2 saturated heterocycles. The average molecular weight is 364 g/mol. The van der Waals surface area contributed by atoms with E-state index in [0.29, 0.717) is 19.8 Å². The van der Waals surface area contributed by atoms with E-state index in [0.717, 1.165) is 29.5 Å². The van der Waals surface area contributed by atoms with Gasteiger partial charge in [0.15, 0.2) is 0 Å². The number of furan rings is 1. The Hall–Kier alpha value is -2.39. The zero-order chi connectivity index (χ0) is 18.7. The molecule has 1 aromatic rings. The lowest BCUT2D eigenvalue weighted by molar-refractivity contribution is -0.130. The third kappa shape index (κ3) is 4.05. The van der Waals surface area contributed by atoms with E-state index in [9.17, 15) is 14.4 Å². The van der Waals surface area contributed by atoms with Gasteiger partial charge in [-0.2, -0.15) is 0 Å². The molecule has 0 bridgehead atoms. The largest absolute Gasteiger partial charge is 0.465 e. The maximum absolute atomic E-state index is 12.3. The summed E-state index contributed by atoms with van der Waals surface area (Å²) >= 11 is 0. The smallest absolute Gasteiger partial charge is 0.327 e. The van der Waals surface area contributed by atoms with E-state index in [1.807, 2.05) is 19.1 Å². The summed E-state index contributed by atoms with van der Waals surface area (Å²) in [5.41, 5.74) is 0. The van der Waals surface area contributed by atoms with Crippen molar-refractivity contribution in [2.24, 2.45) is 0 Å². The number of carbonyl (C=O) groups excluding carboxylic acids is 3. The number of likely N-dealkylation sites (N-methyl/N-ethyl adjacent to an activating group) is 1. The molecule has 3 rings (SSSR count). The van der Waals surface area contributed by atoms with Crippen LogP contribution >= 0.6 is 0 Å². The third-order valence-corrected chi connectivity index (χ3v) is 4.60. The van der Waals surface area contributed by atoms with E-state index >= 15 is 0 Å². The van der Waals surface area contributed by atoms with Crippen molar-refractivity contribution in [1.82, 2.24) is 20.0 Å². The van der Waals surface area contributed by atoms with Crippen LogP contribution in [0.2, 0.25) is 0 Å². The van der Waals surface area contributed by atoms with Gasteiger partial charge in [-0.25, -0.2) is 4.79 Å². The number of rotatable bonds is 6. The van der Waals surface area contributed by atoms with E-state index in [1.54, 1.807) is 0 Å². The Morgan fingerprint density at radius 2 is 2.00 bits per heavy atom. The van der Waals surface area contributed by atoms with Gasteiger partial charge in [0.05, 0.1) is 19.3 Å². The molecule has 4 amide bonds. The van der Waals surface area contributed by atoms with Gasteiger partial charge in [-0.05, 0) is 19.1 Å². The summed E-state index contributed by atoms with van der Waals surface area (Å²) in [7, 11) is 1.53. The van der Waals surface area contributed by atoms with Gasteiger partial charge in [0.1, 0.15) is 24.6 Å². The monoisotopic (exact) mass is 364 g/mol. The van der Waals surface area contributed by atoms with Crippen molar-refractivity contribution in [3.63, 3.8) is 0 Å². The molecule has 0 aliphatic carbocycles. The standard InChI is InChI=1S/C17H24N4O5/c1-12-3-4-14(26-12)13(20-5-7-25-8-6-20)9-18-15(22)10-21-16(23)11-19(2)17(21)24/h3-4,13H,5-11H2,1-2H3,(H,18,22). The van der Waals surface area contributed by atoms with Crippen molar-refractivity contribution >= 4 is 17.8 Å². The van der Waals surface area contributed by atoms with Crippen LogP contribution in [0.1, 0.15) is 17.6 Å². The summed E-state index contributed by atoms with van der Waals surface area (Å²) in [4.78, 5) is 40.4. The molecule has 1 aromatic heterocycles. The number of urea groups is 1. The molecule has 0 aromatic carbocycles. The molecule has 0 spiro atoms. The van der Waals surface area contributed by atoms with Gasteiger partial charge in [-0.3, -0.25) is 19.4 Å². The first kappa shape index (κ1) is 18.4. The molecule has 2 aliphatic rings. The lowest BCUT2D eigenvalue weighted by atomic mass is 10.1. The zero-order valence-electron chi connectivity index (χ0n) is 15.1. The number of ether oxygens (including phenoxy) is 1. The highest BCUT2D eigenvalue weighted by molar-refractivity contribution is 6.04. The maximum atomic E-state index is 12.3. The summed E-state index contributed by atoms with van der Waals surface area (Å²) < 4.78 is 11.1. The number of imide groups is 1. The molecule has 142 valence electrons. The van der Waals surface area contributed by atoms with E-state index in [2.05, 4.69) is 10.2 Å². The number of aryl methyl sites for hydroxylation is 1. The second-order valence-corrected chi connectivity index (χ2v) is 6.54. The fraction of sp³-hybridized carbons (Fsp3) is 0.588. The third-order valence-electron chi connectivity index (χ3n) is 4.60. The van der Waals surface area contributed by atoms with Crippen LogP contribution < -0.4 is 5.32 Å². The Kier molecular flexibility index (Phi) is 5.58. The molecule has 0 radical (unpaired) electrons. The van der Waals surface area contributed by atoms with Gasteiger partial charge in [-0.15, -0.1) is 0 Å². The van der Waals surface area contributed by atoms with Crippen LogP contribution in [0, 0.1) is 6.92 Å². The van der Waals surface area contributed by atoms with Crippen LogP contribution in [0.15, 0.2) is 16.5 Å². The van der Waals surface area contributed by atoms with Crippen LogP contribution in [0.25, 0.3) is 0 Å². The predicted molar refractivity (Wildman–Crippen MR) is 91.3 cm³/mol. The molecule has 2 fully saturated rings. The molecule has 0 saturated carbocycles. The Morgan fingerprint density at radius 1 is 1.27 bits per heavy atom. The van der Waals surface area contributed by atoms with Crippen molar-refractivity contribution in [3.8, 4) is 0 Å². The molecular weight excluding hydrogens is 340 g/mol. The van der Waals surface area contributed by atoms with Crippen molar-refractivity contribution < 1.29 is 23.5 Å². The molecule has 26 heavy (non-hydrogen) atoms. The van der Waals surface area contributed by atoms with Crippen LogP contribution in [-0.2, 0) is 14.3 Å². The van der Waals surface area contributed by atoms with Gasteiger partial charge >= 0.3 is 6.03 Å². The van der Waals surface area contributed by atoms with Gasteiger partial charge in [0.25, 0.3) is 5.91 Å². The number of amides is 4. The van der Waals surface area contributed by atoms with Gasteiger partial charge in [-0.1, -0.05) is 0 Å². The number of nitrogens with one attached hydrogen (secondary N) is 1. The van der Waals surface area contributed by atoms with Gasteiger partial charge < -0.3 is 19.4 Å². The second kappa shape index (κ2) is 7.88. The number of morpholine rings is 1. The SMILES string of the molecule is Cc1ccc(C(CNC(=O)CN2C(=O)CN(C)C2=O)N2CCOCC2)o1. The summed E-state index contributed by atoms with van der Waals surface area (Å²) in [6.45, 7) is 4.70. The van der Waals surface area contributed by atoms with Crippen molar-refractivity contribution in [2.75, 3.05) is 53.0 Å². The van der Waals surface area contributed by atoms with Crippen molar-refractivity contribution in [3.05, 3.63) is 23.7 Å². The van der Waals surface area contributed by atoms with Crippen molar-refractivity contribution in [1.29, 1.82) is 0 Å². The highest BCUT2D eigenvalue weighted by atomic mass is 16.5. The highest BCUT2D eigenvalue weighted by Gasteiger charge is 2.35. The lowest BCUT2D eigenvalue weighted by Gasteiger charge is -2.33. The van der Waals surface area contributed by atoms with Gasteiger partial charge in [0.2, 0.25) is 5.91 Å². The Labute approximate surface area is 151 Å². The minimum atomic E-state index is -0.448.